The van der Waals surface area contributed by atoms with E-state index in [4.69, 9.17) is 9.84 Å². The summed E-state index contributed by atoms with van der Waals surface area (Å²) in [7, 11) is 0. The van der Waals surface area contributed by atoms with Crippen LogP contribution in [0.3, 0.4) is 0 Å². The van der Waals surface area contributed by atoms with Crippen LogP contribution in [0, 0.1) is 0 Å². The van der Waals surface area contributed by atoms with Crippen LogP contribution in [0.25, 0.3) is 0 Å². The molecule has 6 nitrogen and oxygen atoms in total. The van der Waals surface area contributed by atoms with Crippen molar-refractivity contribution in [2.45, 2.75) is 31.1 Å². The average Bonchev–Trinajstić information content (AvgIpc) is 2.35. The lowest BCUT2D eigenvalue weighted by Gasteiger charge is -2.33. The minimum Gasteiger partial charge on any atom is -0.481 e. The summed E-state index contributed by atoms with van der Waals surface area (Å²) >= 11 is 1.69. The number of rotatable bonds is 5. The molecule has 1 atom stereocenters. The summed E-state index contributed by atoms with van der Waals surface area (Å²) < 4.78 is 5.32. The number of amides is 2. The molecule has 2 amide bonds. The highest BCUT2D eigenvalue weighted by molar-refractivity contribution is 7.99. The summed E-state index contributed by atoms with van der Waals surface area (Å²) in [6.07, 6.45) is 1.52. The molecule has 0 aromatic rings. The van der Waals surface area contributed by atoms with Crippen LogP contribution in [0.15, 0.2) is 0 Å². The lowest BCUT2D eigenvalue weighted by Crippen LogP contribution is -2.51. The number of carboxylic acid groups (broad SMARTS) is 1. The average molecular weight is 290 g/mol. The largest absolute Gasteiger partial charge is 0.481 e. The van der Waals surface area contributed by atoms with Crippen LogP contribution >= 0.6 is 11.8 Å². The van der Waals surface area contributed by atoms with Gasteiger partial charge >= 0.3 is 12.0 Å². The zero-order valence-corrected chi connectivity index (χ0v) is 12.5. The minimum atomic E-state index is -0.907. The Morgan fingerprint density at radius 3 is 2.79 bits per heavy atom. The van der Waals surface area contributed by atoms with Gasteiger partial charge in [-0.1, -0.05) is 0 Å². The minimum absolute atomic E-state index is 0.0115. The maximum absolute atomic E-state index is 12.0. The van der Waals surface area contributed by atoms with Crippen molar-refractivity contribution in [3.63, 3.8) is 0 Å². The Labute approximate surface area is 117 Å². The molecule has 0 aromatic heterocycles. The van der Waals surface area contributed by atoms with Crippen molar-refractivity contribution >= 4 is 23.8 Å². The van der Waals surface area contributed by atoms with Gasteiger partial charge in [-0.15, -0.1) is 0 Å². The highest BCUT2D eigenvalue weighted by atomic mass is 32.2. The summed E-state index contributed by atoms with van der Waals surface area (Å²) in [4.78, 5) is 24.3. The van der Waals surface area contributed by atoms with Crippen molar-refractivity contribution < 1.29 is 19.4 Å². The molecule has 0 saturated carbocycles. The Kier molecular flexibility index (Phi) is 5.93. The van der Waals surface area contributed by atoms with Gasteiger partial charge in [-0.05, 0) is 20.1 Å². The fourth-order valence-corrected chi connectivity index (χ4v) is 1.91. The molecule has 19 heavy (non-hydrogen) atoms. The number of ether oxygens (including phenoxy) is 1. The van der Waals surface area contributed by atoms with Crippen molar-refractivity contribution in [1.82, 2.24) is 10.2 Å². The van der Waals surface area contributed by atoms with Crippen molar-refractivity contribution in [3.05, 3.63) is 0 Å². The number of aliphatic carboxylic acids is 1. The molecule has 0 aromatic carbocycles. The van der Waals surface area contributed by atoms with Gasteiger partial charge in [0.15, 0.2) is 0 Å². The normalized spacial score (nSPS) is 20.2. The highest BCUT2D eigenvalue weighted by Gasteiger charge is 2.27. The number of carboxylic acids is 1. The quantitative estimate of drug-likeness (QED) is 0.790. The molecule has 0 aliphatic carbocycles. The Morgan fingerprint density at radius 1 is 1.53 bits per heavy atom. The second-order valence-corrected chi connectivity index (χ2v) is 6.67. The molecule has 0 spiro atoms. The maximum atomic E-state index is 12.0. The van der Waals surface area contributed by atoms with Gasteiger partial charge in [0.25, 0.3) is 0 Å². The van der Waals surface area contributed by atoms with Gasteiger partial charge in [-0.25, -0.2) is 4.79 Å². The number of hydrogen-bond acceptors (Lipinski definition) is 4. The molecule has 110 valence electrons. The third kappa shape index (κ3) is 5.69. The van der Waals surface area contributed by atoms with E-state index in [1.165, 1.54) is 0 Å². The van der Waals surface area contributed by atoms with Crippen LogP contribution < -0.4 is 5.32 Å². The van der Waals surface area contributed by atoms with E-state index in [0.717, 1.165) is 0 Å². The predicted octanol–water partition coefficient (Wildman–Crippen LogP) is 1.01. The highest BCUT2D eigenvalue weighted by Crippen LogP contribution is 2.19. The first-order chi connectivity index (χ1) is 8.84. The number of urea groups is 1. The summed E-state index contributed by atoms with van der Waals surface area (Å²) in [5, 5.41) is 11.6. The van der Waals surface area contributed by atoms with E-state index in [9.17, 15) is 9.59 Å². The van der Waals surface area contributed by atoms with Crippen LogP contribution in [0.1, 0.15) is 20.3 Å². The zero-order chi connectivity index (χ0) is 14.5. The molecule has 1 rings (SSSR count). The molecular weight excluding hydrogens is 268 g/mol. The maximum Gasteiger partial charge on any atom is 0.317 e. The van der Waals surface area contributed by atoms with Gasteiger partial charge in [0, 0.05) is 24.4 Å². The predicted molar refractivity (Wildman–Crippen MR) is 74.6 cm³/mol. The van der Waals surface area contributed by atoms with E-state index in [2.05, 4.69) is 19.2 Å². The number of morpholine rings is 1. The van der Waals surface area contributed by atoms with Gasteiger partial charge in [0.05, 0.1) is 19.1 Å². The molecule has 1 saturated heterocycles. The number of nitrogens with zero attached hydrogens (tertiary/aromatic N) is 1. The van der Waals surface area contributed by atoms with Gasteiger partial charge < -0.3 is 20.1 Å². The molecule has 0 radical (unpaired) electrons. The molecule has 1 heterocycles. The molecule has 1 fully saturated rings. The summed E-state index contributed by atoms with van der Waals surface area (Å²) in [6.45, 7) is 5.92. The number of hydrogen-bond donors (Lipinski definition) is 2. The monoisotopic (exact) mass is 290 g/mol. The fraction of sp³-hybridized carbons (Fsp3) is 0.833. The molecule has 1 aliphatic rings. The van der Waals surface area contributed by atoms with Gasteiger partial charge in [-0.3, -0.25) is 4.79 Å². The Bertz CT molecular complexity index is 336. The van der Waals surface area contributed by atoms with E-state index in [1.807, 2.05) is 6.26 Å². The first-order valence-electron chi connectivity index (χ1n) is 6.25. The number of carbonyl (C=O) groups is 2. The molecule has 7 heteroatoms. The molecule has 1 aliphatic heterocycles. The first-order valence-corrected chi connectivity index (χ1v) is 7.48. The fourth-order valence-electron chi connectivity index (χ4n) is 1.69. The molecule has 0 bridgehead atoms. The number of thioether (sulfide) groups is 1. The third-order valence-electron chi connectivity index (χ3n) is 3.05. The topological polar surface area (TPSA) is 78.9 Å². The second kappa shape index (κ2) is 7.00. The van der Waals surface area contributed by atoms with Gasteiger partial charge in [0.1, 0.15) is 0 Å². The SMILES string of the molecule is CSC(C)(C)CNC(=O)N1CCOC(CC(=O)O)C1. The Morgan fingerprint density at radius 2 is 2.21 bits per heavy atom. The Balaban J connectivity index is 2.41. The van der Waals surface area contributed by atoms with Gasteiger partial charge in [-0.2, -0.15) is 11.8 Å². The van der Waals surface area contributed by atoms with Crippen LogP contribution in [0.4, 0.5) is 4.79 Å². The van der Waals surface area contributed by atoms with Crippen LogP contribution in [-0.4, -0.2) is 65.4 Å². The van der Waals surface area contributed by atoms with E-state index in [-0.39, 0.29) is 17.2 Å². The number of carbonyl (C=O) groups excluding carboxylic acids is 1. The van der Waals surface area contributed by atoms with Crippen molar-refractivity contribution in [2.75, 3.05) is 32.5 Å². The molecular formula is C12H22N2O4S. The third-order valence-corrected chi connectivity index (χ3v) is 4.30. The van der Waals surface area contributed by atoms with Crippen LogP contribution in [0.2, 0.25) is 0 Å². The van der Waals surface area contributed by atoms with E-state index in [0.29, 0.717) is 26.2 Å². The van der Waals surface area contributed by atoms with E-state index < -0.39 is 12.1 Å². The first kappa shape index (κ1) is 16.1. The zero-order valence-electron chi connectivity index (χ0n) is 11.6. The van der Waals surface area contributed by atoms with E-state index >= 15 is 0 Å². The molecule has 2 N–H and O–H groups in total. The Hall–Kier alpha value is -0.950. The lowest BCUT2D eigenvalue weighted by atomic mass is 10.2. The summed E-state index contributed by atoms with van der Waals surface area (Å²) in [5.74, 6) is -0.907. The summed E-state index contributed by atoms with van der Waals surface area (Å²) in [6, 6.07) is -0.152. The van der Waals surface area contributed by atoms with Crippen LogP contribution in [0.5, 0.6) is 0 Å². The standard InChI is InChI=1S/C12H22N2O4S/c1-12(2,19-3)8-13-11(17)14-4-5-18-9(7-14)6-10(15)16/h9H,4-8H2,1-3H3,(H,13,17)(H,15,16). The van der Waals surface area contributed by atoms with Crippen molar-refractivity contribution in [1.29, 1.82) is 0 Å². The van der Waals surface area contributed by atoms with Crippen molar-refractivity contribution in [2.24, 2.45) is 0 Å². The molecule has 1 unspecified atom stereocenters. The van der Waals surface area contributed by atoms with E-state index in [1.54, 1.807) is 16.7 Å². The summed E-state index contributed by atoms with van der Waals surface area (Å²) in [5.41, 5.74) is 0. The second-order valence-electron chi connectivity index (χ2n) is 5.16. The lowest BCUT2D eigenvalue weighted by molar-refractivity contribution is -0.141. The van der Waals surface area contributed by atoms with Crippen molar-refractivity contribution in [3.8, 4) is 0 Å². The van der Waals surface area contributed by atoms with Crippen LogP contribution in [-0.2, 0) is 9.53 Å². The van der Waals surface area contributed by atoms with Gasteiger partial charge in [0.2, 0.25) is 0 Å². The number of nitrogens with one attached hydrogen (secondary N) is 1. The smallest absolute Gasteiger partial charge is 0.317 e.